The number of aromatic nitrogens is 1. The van der Waals surface area contributed by atoms with Gasteiger partial charge in [0, 0.05) is 81.9 Å². The van der Waals surface area contributed by atoms with Gasteiger partial charge in [-0.2, -0.15) is 0 Å². The second-order valence-electron chi connectivity index (χ2n) is 16.4. The van der Waals surface area contributed by atoms with Gasteiger partial charge in [0.25, 0.3) is 0 Å². The van der Waals surface area contributed by atoms with Gasteiger partial charge in [-0.3, -0.25) is 19.7 Å². The number of pyridine rings is 1. The number of para-hydroxylation sites is 1. The first kappa shape index (κ1) is 50.9. The lowest BCUT2D eigenvalue weighted by Crippen LogP contribution is -2.40. The number of aromatic hydroxyl groups is 1. The summed E-state index contributed by atoms with van der Waals surface area (Å²) in [5.74, 6) is -2.84. The summed E-state index contributed by atoms with van der Waals surface area (Å²) < 4.78 is 10.0. The number of piperidine rings is 1. The van der Waals surface area contributed by atoms with Gasteiger partial charge < -0.3 is 50.2 Å². The number of carbonyl (C=O) groups excluding carboxylic acids is 4. The summed E-state index contributed by atoms with van der Waals surface area (Å²) in [4.78, 5) is 76.3. The van der Waals surface area contributed by atoms with Crippen LogP contribution >= 0.6 is 0 Å². The van der Waals surface area contributed by atoms with Crippen molar-refractivity contribution in [2.24, 2.45) is 0 Å². The van der Waals surface area contributed by atoms with Crippen LogP contribution in [0.15, 0.2) is 108 Å². The molecule has 0 aliphatic carbocycles. The van der Waals surface area contributed by atoms with Gasteiger partial charge in [0.05, 0.1) is 23.4 Å². The molecule has 1 aromatic heterocycles. The van der Waals surface area contributed by atoms with Crippen molar-refractivity contribution in [3.63, 3.8) is 0 Å². The number of ether oxygens (including phenoxy) is 2. The van der Waals surface area contributed by atoms with Crippen molar-refractivity contribution >= 4 is 52.1 Å². The van der Waals surface area contributed by atoms with Crippen molar-refractivity contribution in [3.8, 4) is 16.9 Å². The first-order valence-corrected chi connectivity index (χ1v) is 22.3. The molecule has 5 aromatic rings. The summed E-state index contributed by atoms with van der Waals surface area (Å²) in [6.45, 7) is 6.63. The van der Waals surface area contributed by atoms with Gasteiger partial charge in [-0.15, -0.1) is 0 Å². The number of aliphatic carboxylic acids is 1. The van der Waals surface area contributed by atoms with Crippen molar-refractivity contribution in [3.05, 3.63) is 125 Å². The number of benzene rings is 4. The number of phenols is 1. The fraction of sp³-hybridized carbons (Fsp3) is 0.360. The summed E-state index contributed by atoms with van der Waals surface area (Å²) in [6, 6.07) is 31.1. The Morgan fingerprint density at radius 2 is 1.55 bits per heavy atom. The molecule has 0 spiro atoms. The molecule has 1 aliphatic rings. The average Bonchev–Trinajstić information content (AvgIpc) is 3.31. The standard InChI is InChI=1S/C45H52N6O7.C5H8O4/c1-50(43(56)24-28-51-26-22-34(23-27-51)58-45(57)48-38-12-6-5-11-35(38)32-9-3-2-4-10-32)25-8-7-13-41(54)47-33-16-14-31(15-17-33)29-46-30-40(53)36-18-20-39(52)44-37(36)19-21-42(55)49-44;1-3(2)9-5(8)4(6)7/h2-6,9-12,14-21,34,40,46,52-53H,7-8,13,22-30H2,1H3,(H,47,54)(H,48,57)(H,49,55);3H,1-2H3,(H,6,7)/t40-;/m0./s1. The van der Waals surface area contributed by atoms with E-state index in [1.165, 1.54) is 12.1 Å². The number of carboxylic acids is 1. The maximum Gasteiger partial charge on any atom is 0.417 e. The molecule has 17 nitrogen and oxygen atoms in total. The number of aliphatic hydroxyl groups excluding tert-OH is 1. The van der Waals surface area contributed by atoms with Crippen LogP contribution in [-0.2, 0) is 35.2 Å². The van der Waals surface area contributed by atoms with E-state index in [2.05, 4.69) is 30.6 Å². The van der Waals surface area contributed by atoms with Crippen LogP contribution in [0.2, 0.25) is 0 Å². The molecule has 0 bridgehead atoms. The van der Waals surface area contributed by atoms with Crippen molar-refractivity contribution in [2.45, 2.75) is 77.2 Å². The van der Waals surface area contributed by atoms with Gasteiger partial charge in [-0.1, -0.05) is 66.7 Å². The fourth-order valence-corrected chi connectivity index (χ4v) is 7.41. The molecule has 4 aromatic carbocycles. The van der Waals surface area contributed by atoms with E-state index in [4.69, 9.17) is 9.84 Å². The van der Waals surface area contributed by atoms with E-state index in [-0.39, 0.29) is 41.9 Å². The molecule has 7 N–H and O–H groups in total. The monoisotopic (exact) mass is 920 g/mol. The first-order valence-electron chi connectivity index (χ1n) is 22.3. The zero-order valence-electron chi connectivity index (χ0n) is 38.0. The molecular formula is C50H60N6O11. The number of phenolic OH excluding ortho intramolecular Hbond substituents is 1. The number of anilines is 2. The minimum atomic E-state index is -1.55. The fourth-order valence-electron chi connectivity index (χ4n) is 7.41. The number of fused-ring (bicyclic) bond motifs is 1. The number of likely N-dealkylation sites (tertiary alicyclic amines) is 1. The van der Waals surface area contributed by atoms with Gasteiger partial charge in [0.1, 0.15) is 11.9 Å². The number of hydrogen-bond acceptors (Lipinski definition) is 12. The Morgan fingerprint density at radius 3 is 2.24 bits per heavy atom. The maximum atomic E-state index is 12.8. The van der Waals surface area contributed by atoms with Crippen LogP contribution in [0.25, 0.3) is 22.0 Å². The molecule has 3 amide bonds. The predicted molar refractivity (Wildman–Crippen MR) is 254 cm³/mol. The third kappa shape index (κ3) is 16.4. The molecule has 1 fully saturated rings. The smallest absolute Gasteiger partial charge is 0.417 e. The van der Waals surface area contributed by atoms with E-state index < -0.39 is 24.1 Å². The van der Waals surface area contributed by atoms with E-state index in [1.807, 2.05) is 78.9 Å². The molecule has 1 aliphatic heterocycles. The van der Waals surface area contributed by atoms with Crippen LogP contribution in [0.1, 0.15) is 69.6 Å². The zero-order valence-corrected chi connectivity index (χ0v) is 38.0. The van der Waals surface area contributed by atoms with E-state index in [1.54, 1.807) is 37.9 Å². The van der Waals surface area contributed by atoms with Crippen LogP contribution in [0.3, 0.4) is 0 Å². The quantitative estimate of drug-likeness (QED) is 0.0286. The molecular weight excluding hydrogens is 861 g/mol. The second-order valence-corrected chi connectivity index (χ2v) is 16.4. The van der Waals surface area contributed by atoms with Crippen molar-refractivity contribution < 1.29 is 48.8 Å². The largest absolute Gasteiger partial charge is 0.506 e. The number of amides is 3. The Labute approximate surface area is 389 Å². The Morgan fingerprint density at radius 1 is 0.851 bits per heavy atom. The van der Waals surface area contributed by atoms with Gasteiger partial charge in [0.15, 0.2) is 0 Å². The molecule has 356 valence electrons. The van der Waals surface area contributed by atoms with Gasteiger partial charge >= 0.3 is 18.0 Å². The maximum absolute atomic E-state index is 12.8. The number of aromatic amines is 1. The zero-order chi connectivity index (χ0) is 48.3. The van der Waals surface area contributed by atoms with Crippen molar-refractivity contribution in [1.29, 1.82) is 0 Å². The van der Waals surface area contributed by atoms with Crippen LogP contribution in [-0.4, -0.2) is 112 Å². The molecule has 17 heteroatoms. The lowest BCUT2D eigenvalue weighted by molar-refractivity contribution is -0.166. The van der Waals surface area contributed by atoms with Gasteiger partial charge in [-0.05, 0) is 86.6 Å². The normalized spacial score (nSPS) is 13.2. The number of rotatable bonds is 18. The molecule has 1 saturated heterocycles. The van der Waals surface area contributed by atoms with E-state index >= 15 is 0 Å². The number of carbonyl (C=O) groups is 5. The third-order valence-electron chi connectivity index (χ3n) is 11.0. The Hall–Kier alpha value is -7.08. The van der Waals surface area contributed by atoms with Crippen molar-refractivity contribution in [1.82, 2.24) is 20.1 Å². The van der Waals surface area contributed by atoms with E-state index in [0.717, 1.165) is 29.8 Å². The minimum Gasteiger partial charge on any atom is -0.506 e. The lowest BCUT2D eigenvalue weighted by atomic mass is 10.0. The molecule has 67 heavy (non-hydrogen) atoms. The van der Waals surface area contributed by atoms with Crippen LogP contribution in [0, 0.1) is 0 Å². The Kier molecular flexibility index (Phi) is 19.4. The SMILES string of the molecule is CC(C)OC(=O)C(=O)O.CN(CCCCC(=O)Nc1ccc(CNC[C@H](O)c2ccc(O)c3[nH]c(=O)ccc23)cc1)C(=O)CCN1CCC(OC(=O)Nc2ccccc2-c2ccccc2)CC1. The van der Waals surface area contributed by atoms with E-state index in [9.17, 15) is 39.0 Å². The highest BCUT2D eigenvalue weighted by atomic mass is 16.6. The molecule has 0 unspecified atom stereocenters. The summed E-state index contributed by atoms with van der Waals surface area (Å²) in [7, 11) is 1.80. The number of carboxylic acid groups (broad SMARTS) is 1. The molecule has 6 rings (SSSR count). The number of H-pyrrole nitrogens is 1. The molecule has 1 atom stereocenters. The predicted octanol–water partition coefficient (Wildman–Crippen LogP) is 6.42. The highest BCUT2D eigenvalue weighted by molar-refractivity contribution is 6.28. The van der Waals surface area contributed by atoms with Crippen LogP contribution < -0.4 is 21.5 Å². The number of nitrogens with one attached hydrogen (secondary N) is 4. The minimum absolute atomic E-state index is 0.0570. The van der Waals surface area contributed by atoms with Crippen LogP contribution in [0.4, 0.5) is 16.2 Å². The number of aliphatic hydroxyl groups is 1. The third-order valence-corrected chi connectivity index (χ3v) is 11.0. The number of hydrogen-bond donors (Lipinski definition) is 7. The lowest BCUT2D eigenvalue weighted by Gasteiger charge is -2.31. The Bertz CT molecular complexity index is 2490. The van der Waals surface area contributed by atoms with Crippen LogP contribution in [0.5, 0.6) is 5.75 Å². The van der Waals surface area contributed by atoms with Crippen molar-refractivity contribution in [2.75, 3.05) is 50.4 Å². The summed E-state index contributed by atoms with van der Waals surface area (Å²) in [5, 5.41) is 38.5. The van der Waals surface area contributed by atoms with Gasteiger partial charge in [0.2, 0.25) is 17.4 Å². The van der Waals surface area contributed by atoms with E-state index in [0.29, 0.717) is 86.0 Å². The topological polar surface area (TPSA) is 240 Å². The number of unbranched alkanes of at least 4 members (excludes halogenated alkanes) is 1. The summed E-state index contributed by atoms with van der Waals surface area (Å²) in [6.07, 6.45) is 1.66. The molecule has 0 saturated carbocycles. The first-order chi connectivity index (χ1) is 32.2. The summed E-state index contributed by atoms with van der Waals surface area (Å²) >= 11 is 0. The number of nitrogens with zero attached hydrogens (tertiary/aromatic N) is 2. The Balaban J connectivity index is 0.000000845. The van der Waals surface area contributed by atoms with Gasteiger partial charge in [-0.25, -0.2) is 14.4 Å². The average molecular weight is 921 g/mol. The molecule has 0 radical (unpaired) electrons. The summed E-state index contributed by atoms with van der Waals surface area (Å²) in [5.41, 5.74) is 4.86. The second kappa shape index (κ2) is 25.6. The number of esters is 1. The highest BCUT2D eigenvalue weighted by Crippen LogP contribution is 2.30. The molecule has 2 heterocycles. The highest BCUT2D eigenvalue weighted by Gasteiger charge is 2.24.